The van der Waals surface area contributed by atoms with Crippen LogP contribution in [0.3, 0.4) is 0 Å². The minimum atomic E-state index is -0.309. The smallest absolute Gasteiger partial charge is 0.328 e. The van der Waals surface area contributed by atoms with Crippen LogP contribution in [0, 0.1) is 0 Å². The maximum absolute atomic E-state index is 12.8. The van der Waals surface area contributed by atoms with E-state index in [4.69, 9.17) is 0 Å². The summed E-state index contributed by atoms with van der Waals surface area (Å²) in [6, 6.07) is 7.62. The van der Waals surface area contributed by atoms with E-state index in [0.29, 0.717) is 26.2 Å². The number of carbonyl (C=O) groups is 2. The minimum Gasteiger partial charge on any atom is -0.336 e. The van der Waals surface area contributed by atoms with Crippen molar-refractivity contribution in [3.63, 3.8) is 0 Å². The highest BCUT2D eigenvalue weighted by molar-refractivity contribution is 5.95. The molecule has 1 aromatic carbocycles. The second-order valence-corrected chi connectivity index (χ2v) is 6.25. The lowest BCUT2D eigenvalue weighted by Crippen LogP contribution is -2.47. The van der Waals surface area contributed by atoms with Gasteiger partial charge in [-0.25, -0.2) is 14.5 Å². The van der Waals surface area contributed by atoms with E-state index in [0.717, 1.165) is 11.1 Å². The molecule has 0 saturated carbocycles. The third-order valence-electron chi connectivity index (χ3n) is 4.68. The van der Waals surface area contributed by atoms with Crippen molar-refractivity contribution in [3.05, 3.63) is 53.3 Å². The van der Waals surface area contributed by atoms with Crippen molar-refractivity contribution in [1.82, 2.24) is 24.9 Å². The lowest BCUT2D eigenvalue weighted by Gasteiger charge is -2.35. The number of carbonyl (C=O) groups excluding carboxylic acids is 2. The number of benzene rings is 1. The van der Waals surface area contributed by atoms with Crippen molar-refractivity contribution >= 4 is 12.1 Å². The van der Waals surface area contributed by atoms with E-state index >= 15 is 0 Å². The van der Waals surface area contributed by atoms with E-state index in [1.165, 1.54) is 10.5 Å². The van der Waals surface area contributed by atoms with Gasteiger partial charge in [-0.1, -0.05) is 24.3 Å². The van der Waals surface area contributed by atoms with Crippen LogP contribution in [-0.4, -0.2) is 51.3 Å². The van der Waals surface area contributed by atoms with E-state index in [-0.39, 0.29) is 18.0 Å². The molecule has 1 saturated heterocycles. The molecule has 2 aliphatic rings. The zero-order chi connectivity index (χ0) is 16.7. The van der Waals surface area contributed by atoms with Crippen LogP contribution in [0.25, 0.3) is 0 Å². The molecule has 124 valence electrons. The van der Waals surface area contributed by atoms with Gasteiger partial charge in [-0.2, -0.15) is 5.10 Å². The van der Waals surface area contributed by atoms with Gasteiger partial charge in [0.2, 0.25) is 0 Å². The van der Waals surface area contributed by atoms with Gasteiger partial charge < -0.3 is 10.2 Å². The Morgan fingerprint density at radius 3 is 2.88 bits per heavy atom. The van der Waals surface area contributed by atoms with Gasteiger partial charge in [0.15, 0.2) is 0 Å². The lowest BCUT2D eigenvalue weighted by molar-refractivity contribution is 0.156. The zero-order valence-electron chi connectivity index (χ0n) is 13.5. The Morgan fingerprint density at radius 2 is 2.17 bits per heavy atom. The number of rotatable bonds is 1. The Hall–Kier alpha value is -2.83. The standard InChI is InChI=1S/C17H19N5O2/c1-20-9-13(8-19-20)15-11-21(10-12-4-2-3-5-14(12)15)17(24)22-7-6-18-16(22)23/h2-5,8-9,15H,6-7,10-11H2,1H3,(H,18,23). The normalized spacial score (nSPS) is 20.0. The van der Waals surface area contributed by atoms with Crippen LogP contribution in [-0.2, 0) is 13.6 Å². The number of aryl methyl sites for hydroxylation is 1. The van der Waals surface area contributed by atoms with Gasteiger partial charge in [-0.15, -0.1) is 0 Å². The molecule has 1 N–H and O–H groups in total. The van der Waals surface area contributed by atoms with Gasteiger partial charge >= 0.3 is 12.1 Å². The molecule has 7 nitrogen and oxygen atoms in total. The fraction of sp³-hybridized carbons (Fsp3) is 0.353. The average Bonchev–Trinajstić information content (AvgIpc) is 3.21. The molecule has 0 bridgehead atoms. The number of amides is 4. The Balaban J connectivity index is 1.67. The molecule has 1 fully saturated rings. The molecule has 2 aliphatic heterocycles. The molecular weight excluding hydrogens is 306 g/mol. The van der Waals surface area contributed by atoms with Crippen molar-refractivity contribution in [3.8, 4) is 0 Å². The molecule has 1 atom stereocenters. The predicted octanol–water partition coefficient (Wildman–Crippen LogP) is 1.51. The van der Waals surface area contributed by atoms with Crippen molar-refractivity contribution in [2.24, 2.45) is 7.05 Å². The van der Waals surface area contributed by atoms with Gasteiger partial charge in [0.25, 0.3) is 0 Å². The highest BCUT2D eigenvalue weighted by Gasteiger charge is 2.35. The summed E-state index contributed by atoms with van der Waals surface area (Å²) in [5, 5.41) is 6.94. The molecule has 4 amide bonds. The molecule has 0 aliphatic carbocycles. The number of nitrogens with zero attached hydrogens (tertiary/aromatic N) is 4. The summed E-state index contributed by atoms with van der Waals surface area (Å²) < 4.78 is 1.77. The van der Waals surface area contributed by atoms with E-state index in [9.17, 15) is 9.59 Å². The quantitative estimate of drug-likeness (QED) is 0.864. The maximum Gasteiger partial charge on any atom is 0.328 e. The van der Waals surface area contributed by atoms with Gasteiger partial charge in [0.05, 0.1) is 6.20 Å². The lowest BCUT2D eigenvalue weighted by atomic mass is 9.86. The molecule has 4 rings (SSSR count). The fourth-order valence-electron chi connectivity index (χ4n) is 3.48. The third kappa shape index (κ3) is 2.42. The molecule has 1 aromatic heterocycles. The number of urea groups is 2. The number of nitrogens with one attached hydrogen (secondary N) is 1. The molecule has 1 unspecified atom stereocenters. The monoisotopic (exact) mass is 325 g/mol. The Labute approximate surface area is 139 Å². The summed E-state index contributed by atoms with van der Waals surface area (Å²) >= 11 is 0. The van der Waals surface area contributed by atoms with Crippen LogP contribution in [0.15, 0.2) is 36.7 Å². The maximum atomic E-state index is 12.8. The van der Waals surface area contributed by atoms with Crippen LogP contribution >= 0.6 is 0 Å². The van der Waals surface area contributed by atoms with Crippen LogP contribution in [0.1, 0.15) is 22.6 Å². The Kier molecular flexibility index (Phi) is 3.48. The SMILES string of the molecule is Cn1cc(C2CN(C(=O)N3CCNC3=O)Cc3ccccc32)cn1. The van der Waals surface area contributed by atoms with Crippen LogP contribution in [0.5, 0.6) is 0 Å². The summed E-state index contributed by atoms with van der Waals surface area (Å²) in [7, 11) is 1.88. The molecular formula is C17H19N5O2. The summed E-state index contributed by atoms with van der Waals surface area (Å²) in [5.41, 5.74) is 3.42. The van der Waals surface area contributed by atoms with Gasteiger partial charge in [0, 0.05) is 45.3 Å². The second-order valence-electron chi connectivity index (χ2n) is 6.25. The van der Waals surface area contributed by atoms with Crippen molar-refractivity contribution in [2.75, 3.05) is 19.6 Å². The van der Waals surface area contributed by atoms with Crippen LogP contribution < -0.4 is 5.32 Å². The average molecular weight is 325 g/mol. The van der Waals surface area contributed by atoms with Crippen LogP contribution in [0.2, 0.25) is 0 Å². The topological polar surface area (TPSA) is 70.5 Å². The van der Waals surface area contributed by atoms with Gasteiger partial charge in [-0.05, 0) is 16.7 Å². The van der Waals surface area contributed by atoms with Gasteiger partial charge in [0.1, 0.15) is 0 Å². The van der Waals surface area contributed by atoms with Crippen molar-refractivity contribution in [2.45, 2.75) is 12.5 Å². The fourth-order valence-corrected chi connectivity index (χ4v) is 3.48. The van der Waals surface area contributed by atoms with Gasteiger partial charge in [-0.3, -0.25) is 4.68 Å². The zero-order valence-corrected chi connectivity index (χ0v) is 13.5. The molecule has 2 aromatic rings. The summed E-state index contributed by atoms with van der Waals surface area (Å²) in [6.45, 7) is 2.01. The van der Waals surface area contributed by atoms with E-state index in [2.05, 4.69) is 16.5 Å². The summed E-state index contributed by atoms with van der Waals surface area (Å²) in [6.07, 6.45) is 3.83. The van der Waals surface area contributed by atoms with E-state index < -0.39 is 0 Å². The van der Waals surface area contributed by atoms with Crippen LogP contribution in [0.4, 0.5) is 9.59 Å². The number of hydrogen-bond donors (Lipinski definition) is 1. The van der Waals surface area contributed by atoms with Crippen molar-refractivity contribution < 1.29 is 9.59 Å². The predicted molar refractivity (Wildman–Crippen MR) is 87.4 cm³/mol. The molecule has 0 spiro atoms. The second kappa shape index (κ2) is 5.67. The summed E-state index contributed by atoms with van der Waals surface area (Å²) in [4.78, 5) is 27.6. The van der Waals surface area contributed by atoms with E-state index in [1.54, 1.807) is 9.58 Å². The summed E-state index contributed by atoms with van der Waals surface area (Å²) in [5.74, 6) is 0.0678. The highest BCUT2D eigenvalue weighted by atomic mass is 16.2. The minimum absolute atomic E-state index is 0.0678. The van der Waals surface area contributed by atoms with Crippen molar-refractivity contribution in [1.29, 1.82) is 0 Å². The van der Waals surface area contributed by atoms with E-state index in [1.807, 2.05) is 37.6 Å². The first-order chi connectivity index (χ1) is 11.6. The Morgan fingerprint density at radius 1 is 1.33 bits per heavy atom. The number of fused-ring (bicyclic) bond motifs is 1. The molecule has 7 heteroatoms. The number of hydrogen-bond acceptors (Lipinski definition) is 3. The first kappa shape index (κ1) is 14.7. The first-order valence-electron chi connectivity index (χ1n) is 8.04. The first-order valence-corrected chi connectivity index (χ1v) is 8.04. The third-order valence-corrected chi connectivity index (χ3v) is 4.68. The largest absolute Gasteiger partial charge is 0.336 e. The molecule has 0 radical (unpaired) electrons. The Bertz CT molecular complexity index is 800. The highest BCUT2D eigenvalue weighted by Crippen LogP contribution is 2.33. The number of imide groups is 1. The number of aromatic nitrogens is 2. The molecule has 24 heavy (non-hydrogen) atoms. The molecule has 3 heterocycles.